The van der Waals surface area contributed by atoms with Crippen LogP contribution >= 0.6 is 0 Å². The largest absolute Gasteiger partial charge is 0.415 e. The second-order valence-electron chi connectivity index (χ2n) is 4.39. The van der Waals surface area contributed by atoms with E-state index in [9.17, 15) is 18.0 Å². The van der Waals surface area contributed by atoms with Crippen LogP contribution in [0.2, 0.25) is 0 Å². The zero-order valence-electron chi connectivity index (χ0n) is 10.9. The number of nitrogens with zero attached hydrogens (tertiary/aromatic N) is 2. The predicted octanol–water partition coefficient (Wildman–Crippen LogP) is 0.553. The van der Waals surface area contributed by atoms with E-state index in [1.54, 1.807) is 24.5 Å². The lowest BCUT2D eigenvalue weighted by molar-refractivity contribution is -0.207. The zero-order chi connectivity index (χ0) is 15.2. The number of pyridine rings is 1. The lowest BCUT2D eigenvalue weighted by atomic mass is 10.3. The van der Waals surface area contributed by atoms with Crippen LogP contribution in [-0.4, -0.2) is 53.3 Å². The molecule has 0 aliphatic heterocycles. The van der Waals surface area contributed by atoms with Crippen LogP contribution in [0.15, 0.2) is 24.5 Å². The molecule has 1 amide bonds. The summed E-state index contributed by atoms with van der Waals surface area (Å²) in [6.07, 6.45) is -3.96. The number of aromatic nitrogens is 1. The lowest BCUT2D eigenvalue weighted by Crippen LogP contribution is -2.43. The van der Waals surface area contributed by atoms with Gasteiger partial charge in [0.15, 0.2) is 6.10 Å². The Morgan fingerprint density at radius 3 is 2.80 bits per heavy atom. The van der Waals surface area contributed by atoms with Crippen LogP contribution in [0.1, 0.15) is 5.56 Å². The summed E-state index contributed by atoms with van der Waals surface area (Å²) >= 11 is 0. The maximum atomic E-state index is 12.1. The van der Waals surface area contributed by atoms with Crippen LogP contribution in [0.3, 0.4) is 0 Å². The van der Waals surface area contributed by atoms with E-state index in [-0.39, 0.29) is 13.1 Å². The average molecular weight is 291 g/mol. The molecule has 20 heavy (non-hydrogen) atoms. The number of aliphatic hydroxyl groups is 1. The Bertz CT molecular complexity index is 426. The molecule has 0 aliphatic rings. The van der Waals surface area contributed by atoms with E-state index in [2.05, 4.69) is 10.3 Å². The van der Waals surface area contributed by atoms with Crippen molar-refractivity contribution in [2.75, 3.05) is 20.1 Å². The third kappa shape index (κ3) is 5.98. The fraction of sp³-hybridized carbons (Fsp3) is 0.500. The van der Waals surface area contributed by atoms with Crippen LogP contribution in [0.5, 0.6) is 0 Å². The van der Waals surface area contributed by atoms with Crippen molar-refractivity contribution in [1.29, 1.82) is 0 Å². The highest BCUT2D eigenvalue weighted by atomic mass is 19.4. The number of nitrogens with one attached hydrogen (secondary N) is 1. The first kappa shape index (κ1) is 16.4. The van der Waals surface area contributed by atoms with Gasteiger partial charge in [-0.15, -0.1) is 0 Å². The van der Waals surface area contributed by atoms with E-state index in [0.717, 1.165) is 10.5 Å². The number of carbonyl (C=O) groups is 1. The van der Waals surface area contributed by atoms with Crippen molar-refractivity contribution in [3.63, 3.8) is 0 Å². The second-order valence-corrected chi connectivity index (χ2v) is 4.39. The Morgan fingerprint density at radius 2 is 2.25 bits per heavy atom. The highest BCUT2D eigenvalue weighted by molar-refractivity contribution is 5.77. The van der Waals surface area contributed by atoms with Crippen LogP contribution in [-0.2, 0) is 11.3 Å². The first-order chi connectivity index (χ1) is 9.29. The van der Waals surface area contributed by atoms with Gasteiger partial charge >= 0.3 is 6.18 Å². The molecule has 1 heterocycles. The molecule has 1 atom stereocenters. The fourth-order valence-electron chi connectivity index (χ4n) is 1.47. The Kier molecular flexibility index (Phi) is 5.90. The number of likely N-dealkylation sites (N-methyl/N-ethyl adjacent to an activating group) is 1. The van der Waals surface area contributed by atoms with Gasteiger partial charge in [0.25, 0.3) is 0 Å². The first-order valence-electron chi connectivity index (χ1n) is 5.88. The van der Waals surface area contributed by atoms with Gasteiger partial charge in [-0.05, 0) is 18.7 Å². The van der Waals surface area contributed by atoms with E-state index < -0.39 is 24.7 Å². The summed E-state index contributed by atoms with van der Waals surface area (Å²) in [5.41, 5.74) is 0.791. The summed E-state index contributed by atoms with van der Waals surface area (Å²) in [5.74, 6) is -0.425. The van der Waals surface area contributed by atoms with E-state index >= 15 is 0 Å². The number of aliphatic hydroxyl groups excluding tert-OH is 1. The van der Waals surface area contributed by atoms with Gasteiger partial charge in [0.2, 0.25) is 5.91 Å². The molecule has 0 fully saturated rings. The highest BCUT2D eigenvalue weighted by Crippen LogP contribution is 2.20. The van der Waals surface area contributed by atoms with Gasteiger partial charge in [0.05, 0.1) is 6.54 Å². The molecule has 0 saturated heterocycles. The van der Waals surface area contributed by atoms with Crippen molar-refractivity contribution >= 4 is 5.91 Å². The van der Waals surface area contributed by atoms with Crippen molar-refractivity contribution in [2.24, 2.45) is 0 Å². The highest BCUT2D eigenvalue weighted by Gasteiger charge is 2.38. The van der Waals surface area contributed by atoms with E-state index in [4.69, 9.17) is 5.11 Å². The molecular weight excluding hydrogens is 275 g/mol. The quantitative estimate of drug-likeness (QED) is 0.803. The molecule has 5 nitrogen and oxygen atoms in total. The van der Waals surface area contributed by atoms with Gasteiger partial charge < -0.3 is 10.4 Å². The normalized spacial score (nSPS) is 13.3. The van der Waals surface area contributed by atoms with Crippen molar-refractivity contribution in [3.8, 4) is 0 Å². The Labute approximate surface area is 114 Å². The number of rotatable bonds is 6. The topological polar surface area (TPSA) is 65.5 Å². The van der Waals surface area contributed by atoms with Crippen molar-refractivity contribution in [1.82, 2.24) is 15.2 Å². The molecule has 0 spiro atoms. The van der Waals surface area contributed by atoms with Crippen molar-refractivity contribution < 1.29 is 23.1 Å². The van der Waals surface area contributed by atoms with Crippen molar-refractivity contribution in [3.05, 3.63) is 30.1 Å². The Morgan fingerprint density at radius 1 is 1.55 bits per heavy atom. The summed E-state index contributed by atoms with van der Waals surface area (Å²) in [6.45, 7) is -0.625. The number of carbonyl (C=O) groups excluding carboxylic acids is 1. The zero-order valence-corrected chi connectivity index (χ0v) is 10.9. The SMILES string of the molecule is CN(CC(=O)NCc1cccnc1)CC(O)C(F)(F)F. The van der Waals surface area contributed by atoms with E-state index in [0.29, 0.717) is 0 Å². The maximum absolute atomic E-state index is 12.1. The van der Waals surface area contributed by atoms with Gasteiger partial charge in [0, 0.05) is 25.5 Å². The minimum absolute atomic E-state index is 0.229. The van der Waals surface area contributed by atoms with Gasteiger partial charge in [-0.2, -0.15) is 13.2 Å². The number of hydrogen-bond acceptors (Lipinski definition) is 4. The van der Waals surface area contributed by atoms with Gasteiger partial charge in [0.1, 0.15) is 0 Å². The standard InChI is InChI=1S/C12H16F3N3O2/c1-18(7-10(19)12(13,14)15)8-11(20)17-6-9-3-2-4-16-5-9/h2-5,10,19H,6-8H2,1H3,(H,17,20). The molecule has 0 bridgehead atoms. The third-order valence-electron chi connectivity index (χ3n) is 2.49. The lowest BCUT2D eigenvalue weighted by Gasteiger charge is -2.21. The van der Waals surface area contributed by atoms with Gasteiger partial charge in [-0.1, -0.05) is 6.07 Å². The Hall–Kier alpha value is -1.67. The summed E-state index contributed by atoms with van der Waals surface area (Å²) in [7, 11) is 1.33. The molecule has 8 heteroatoms. The van der Waals surface area contributed by atoms with Crippen LogP contribution in [0, 0.1) is 0 Å². The molecule has 2 N–H and O–H groups in total. The summed E-state index contributed by atoms with van der Waals surface area (Å²) in [6, 6.07) is 3.48. The molecule has 1 rings (SSSR count). The summed E-state index contributed by atoms with van der Waals surface area (Å²) in [5, 5.41) is 11.4. The Balaban J connectivity index is 2.31. The van der Waals surface area contributed by atoms with Crippen LogP contribution in [0.25, 0.3) is 0 Å². The average Bonchev–Trinajstić information content (AvgIpc) is 2.36. The number of alkyl halides is 3. The minimum Gasteiger partial charge on any atom is -0.382 e. The third-order valence-corrected chi connectivity index (χ3v) is 2.49. The molecule has 0 saturated carbocycles. The fourth-order valence-corrected chi connectivity index (χ4v) is 1.47. The summed E-state index contributed by atoms with van der Waals surface area (Å²) in [4.78, 5) is 16.5. The molecule has 0 aliphatic carbocycles. The molecule has 1 unspecified atom stereocenters. The van der Waals surface area contributed by atoms with Crippen molar-refractivity contribution in [2.45, 2.75) is 18.8 Å². The molecule has 1 aromatic rings. The molecule has 0 aromatic carbocycles. The first-order valence-corrected chi connectivity index (χ1v) is 5.88. The van der Waals surface area contributed by atoms with Crippen LogP contribution < -0.4 is 5.32 Å². The molecule has 1 aromatic heterocycles. The summed E-state index contributed by atoms with van der Waals surface area (Å²) < 4.78 is 36.4. The van der Waals surface area contributed by atoms with Crippen LogP contribution in [0.4, 0.5) is 13.2 Å². The molecular formula is C12H16F3N3O2. The van der Waals surface area contributed by atoms with Gasteiger partial charge in [-0.3, -0.25) is 14.7 Å². The monoisotopic (exact) mass is 291 g/mol. The number of amides is 1. The maximum Gasteiger partial charge on any atom is 0.415 e. The van der Waals surface area contributed by atoms with E-state index in [1.165, 1.54) is 7.05 Å². The molecule has 0 radical (unpaired) electrons. The number of hydrogen-bond donors (Lipinski definition) is 2. The second kappa shape index (κ2) is 7.20. The van der Waals surface area contributed by atoms with Gasteiger partial charge in [-0.25, -0.2) is 0 Å². The minimum atomic E-state index is -4.68. The smallest absolute Gasteiger partial charge is 0.382 e. The number of halogens is 3. The van der Waals surface area contributed by atoms with E-state index in [1.807, 2.05) is 0 Å². The predicted molar refractivity (Wildman–Crippen MR) is 65.6 cm³/mol. The molecule has 112 valence electrons.